The highest BCUT2D eigenvalue weighted by atomic mass is 16.5. The van der Waals surface area contributed by atoms with Crippen LogP contribution in [0.3, 0.4) is 0 Å². The van der Waals surface area contributed by atoms with Gasteiger partial charge in [0.1, 0.15) is 0 Å². The second-order valence-corrected chi connectivity index (χ2v) is 5.79. The highest BCUT2D eigenvalue weighted by Crippen LogP contribution is 2.29. The summed E-state index contributed by atoms with van der Waals surface area (Å²) in [7, 11) is 1.62. The Morgan fingerprint density at radius 1 is 1.27 bits per heavy atom. The molecule has 0 aliphatic heterocycles. The summed E-state index contributed by atoms with van der Waals surface area (Å²) in [6, 6.07) is 8.42. The minimum absolute atomic E-state index is 0.176. The molecule has 1 fully saturated rings. The van der Waals surface area contributed by atoms with Crippen LogP contribution in [-0.2, 0) is 4.79 Å². The lowest BCUT2D eigenvalue weighted by molar-refractivity contribution is -0.142. The Morgan fingerprint density at radius 3 is 2.73 bits per heavy atom. The van der Waals surface area contributed by atoms with Gasteiger partial charge >= 0.3 is 5.97 Å². The average Bonchev–Trinajstić information content (AvgIpc) is 2.54. The van der Waals surface area contributed by atoms with Gasteiger partial charge in [-0.3, -0.25) is 4.79 Å². The zero-order chi connectivity index (χ0) is 15.5. The Bertz CT molecular complexity index is 679. The van der Waals surface area contributed by atoms with Crippen molar-refractivity contribution in [2.45, 2.75) is 31.7 Å². The number of methoxy groups -OCH3 is 1. The van der Waals surface area contributed by atoms with Gasteiger partial charge in [0.25, 0.3) is 0 Å². The van der Waals surface area contributed by atoms with Crippen LogP contribution in [0.2, 0.25) is 0 Å². The molecule has 0 bridgehead atoms. The summed E-state index contributed by atoms with van der Waals surface area (Å²) in [5, 5.41) is 14.6. The predicted molar refractivity (Wildman–Crippen MR) is 85.3 cm³/mol. The smallest absolute Gasteiger partial charge is 0.306 e. The Kier molecular flexibility index (Phi) is 4.13. The van der Waals surface area contributed by atoms with Gasteiger partial charge in [-0.15, -0.1) is 0 Å². The van der Waals surface area contributed by atoms with E-state index in [1.54, 1.807) is 13.3 Å². The van der Waals surface area contributed by atoms with Gasteiger partial charge in [0.05, 0.1) is 13.0 Å². The van der Waals surface area contributed by atoms with Crippen LogP contribution >= 0.6 is 0 Å². The molecule has 1 aliphatic carbocycles. The van der Waals surface area contributed by atoms with E-state index in [0.717, 1.165) is 42.1 Å². The number of anilines is 1. The van der Waals surface area contributed by atoms with Crippen molar-refractivity contribution < 1.29 is 14.6 Å². The highest BCUT2D eigenvalue weighted by molar-refractivity contribution is 5.89. The Balaban J connectivity index is 1.71. The zero-order valence-electron chi connectivity index (χ0n) is 12.6. The number of ether oxygens (including phenoxy) is 1. The van der Waals surface area contributed by atoms with Crippen molar-refractivity contribution in [3.05, 3.63) is 30.5 Å². The minimum atomic E-state index is -0.663. The van der Waals surface area contributed by atoms with Gasteiger partial charge in [-0.2, -0.15) is 0 Å². The van der Waals surface area contributed by atoms with E-state index < -0.39 is 5.97 Å². The molecule has 116 valence electrons. The van der Waals surface area contributed by atoms with E-state index in [4.69, 9.17) is 9.84 Å². The number of fused-ring (bicyclic) bond motifs is 1. The van der Waals surface area contributed by atoms with E-state index in [9.17, 15) is 4.79 Å². The second-order valence-electron chi connectivity index (χ2n) is 5.79. The maximum atomic E-state index is 11.0. The number of carboxylic acids is 1. The molecule has 22 heavy (non-hydrogen) atoms. The van der Waals surface area contributed by atoms with Crippen molar-refractivity contribution in [1.29, 1.82) is 0 Å². The molecule has 1 saturated carbocycles. The van der Waals surface area contributed by atoms with E-state index in [1.807, 2.05) is 18.2 Å². The van der Waals surface area contributed by atoms with Crippen molar-refractivity contribution in [3.63, 3.8) is 0 Å². The molecular formula is C17H20N2O3. The first-order valence-corrected chi connectivity index (χ1v) is 7.59. The average molecular weight is 300 g/mol. The molecular weight excluding hydrogens is 280 g/mol. The molecule has 1 aliphatic rings. The normalized spacial score (nSPS) is 21.5. The fourth-order valence-corrected chi connectivity index (χ4v) is 3.12. The summed E-state index contributed by atoms with van der Waals surface area (Å²) >= 11 is 0. The van der Waals surface area contributed by atoms with Crippen molar-refractivity contribution in [3.8, 4) is 5.88 Å². The monoisotopic (exact) mass is 300 g/mol. The van der Waals surface area contributed by atoms with Crippen LogP contribution in [0.5, 0.6) is 5.88 Å². The molecule has 1 aromatic heterocycles. The molecule has 0 saturated heterocycles. The molecule has 0 atom stereocenters. The Labute approximate surface area is 129 Å². The molecule has 3 rings (SSSR count). The number of aliphatic carboxylic acids is 1. The third-order valence-corrected chi connectivity index (χ3v) is 4.37. The van der Waals surface area contributed by atoms with Crippen LogP contribution in [0.1, 0.15) is 25.7 Å². The summed E-state index contributed by atoms with van der Waals surface area (Å²) < 4.78 is 5.26. The zero-order valence-corrected chi connectivity index (χ0v) is 12.6. The standard InChI is InChI=1S/C17H20N2O3/c1-22-16-15-7-6-14(10-12(15)8-9-18-16)19-13-4-2-11(3-5-13)17(20)21/h6-11,13,19H,2-5H2,1H3,(H,20,21). The van der Waals surface area contributed by atoms with Gasteiger partial charge in [-0.05, 0) is 55.3 Å². The number of hydrogen-bond donors (Lipinski definition) is 2. The molecule has 0 unspecified atom stereocenters. The largest absolute Gasteiger partial charge is 0.481 e. The topological polar surface area (TPSA) is 71.5 Å². The van der Waals surface area contributed by atoms with Crippen LogP contribution < -0.4 is 10.1 Å². The van der Waals surface area contributed by atoms with Crippen LogP contribution in [-0.4, -0.2) is 29.2 Å². The Hall–Kier alpha value is -2.30. The maximum Gasteiger partial charge on any atom is 0.306 e. The third kappa shape index (κ3) is 2.98. The molecule has 1 aromatic carbocycles. The lowest BCUT2D eigenvalue weighted by Gasteiger charge is -2.27. The SMILES string of the molecule is COc1nccc2cc(NC3CCC(C(=O)O)CC3)ccc12. The highest BCUT2D eigenvalue weighted by Gasteiger charge is 2.25. The van der Waals surface area contributed by atoms with E-state index in [2.05, 4.69) is 16.4 Å². The van der Waals surface area contributed by atoms with Gasteiger partial charge < -0.3 is 15.2 Å². The summed E-state index contributed by atoms with van der Waals surface area (Å²) in [5.74, 6) is -0.209. The lowest BCUT2D eigenvalue weighted by Crippen LogP contribution is -2.29. The number of carbonyl (C=O) groups is 1. The number of nitrogens with one attached hydrogen (secondary N) is 1. The number of carboxylic acid groups (broad SMARTS) is 1. The fourth-order valence-electron chi connectivity index (χ4n) is 3.12. The van der Waals surface area contributed by atoms with Crippen LogP contribution in [0, 0.1) is 5.92 Å². The number of aromatic nitrogens is 1. The number of nitrogens with zero attached hydrogens (tertiary/aromatic N) is 1. The van der Waals surface area contributed by atoms with Crippen LogP contribution in [0.15, 0.2) is 30.5 Å². The number of benzene rings is 1. The number of hydrogen-bond acceptors (Lipinski definition) is 4. The van der Waals surface area contributed by atoms with Gasteiger partial charge in [0, 0.05) is 23.3 Å². The molecule has 0 amide bonds. The maximum absolute atomic E-state index is 11.0. The molecule has 2 N–H and O–H groups in total. The van der Waals surface area contributed by atoms with Gasteiger partial charge in [0.15, 0.2) is 0 Å². The predicted octanol–water partition coefficient (Wildman–Crippen LogP) is 3.30. The second kappa shape index (κ2) is 6.22. The molecule has 2 aromatic rings. The van der Waals surface area contributed by atoms with Gasteiger partial charge in [-0.1, -0.05) is 0 Å². The Morgan fingerprint density at radius 2 is 2.05 bits per heavy atom. The van der Waals surface area contributed by atoms with E-state index in [1.165, 1.54) is 0 Å². The molecule has 0 spiro atoms. The van der Waals surface area contributed by atoms with Crippen molar-refractivity contribution >= 4 is 22.4 Å². The van der Waals surface area contributed by atoms with Crippen molar-refractivity contribution in [2.75, 3.05) is 12.4 Å². The van der Waals surface area contributed by atoms with E-state index >= 15 is 0 Å². The van der Waals surface area contributed by atoms with Crippen LogP contribution in [0.25, 0.3) is 10.8 Å². The van der Waals surface area contributed by atoms with Crippen LogP contribution in [0.4, 0.5) is 5.69 Å². The first-order chi connectivity index (χ1) is 10.7. The van der Waals surface area contributed by atoms with Crippen molar-refractivity contribution in [2.24, 2.45) is 5.92 Å². The summed E-state index contributed by atoms with van der Waals surface area (Å²) in [4.78, 5) is 15.2. The minimum Gasteiger partial charge on any atom is -0.481 e. The molecule has 5 heteroatoms. The summed E-state index contributed by atoms with van der Waals surface area (Å²) in [5.41, 5.74) is 1.06. The molecule has 0 radical (unpaired) electrons. The first-order valence-electron chi connectivity index (χ1n) is 7.59. The molecule has 1 heterocycles. The third-order valence-electron chi connectivity index (χ3n) is 4.37. The summed E-state index contributed by atoms with van der Waals surface area (Å²) in [6.45, 7) is 0. The van der Waals surface area contributed by atoms with E-state index in [0.29, 0.717) is 11.9 Å². The molecule has 5 nitrogen and oxygen atoms in total. The van der Waals surface area contributed by atoms with E-state index in [-0.39, 0.29) is 5.92 Å². The van der Waals surface area contributed by atoms with Gasteiger partial charge in [-0.25, -0.2) is 4.98 Å². The fraction of sp³-hybridized carbons (Fsp3) is 0.412. The van der Waals surface area contributed by atoms with Crippen molar-refractivity contribution in [1.82, 2.24) is 4.98 Å². The lowest BCUT2D eigenvalue weighted by atomic mass is 9.86. The quantitative estimate of drug-likeness (QED) is 0.906. The van der Waals surface area contributed by atoms with Gasteiger partial charge in [0.2, 0.25) is 5.88 Å². The number of rotatable bonds is 4. The summed E-state index contributed by atoms with van der Waals surface area (Å²) in [6.07, 6.45) is 5.03. The first kappa shape index (κ1) is 14.6. The number of pyridine rings is 1.